The predicted molar refractivity (Wildman–Crippen MR) is 272 cm³/mol. The van der Waals surface area contributed by atoms with Gasteiger partial charge >= 0.3 is 0 Å². The second-order valence-electron chi connectivity index (χ2n) is 17.4. The molecule has 0 bridgehead atoms. The summed E-state index contributed by atoms with van der Waals surface area (Å²) in [6.07, 6.45) is 0. The summed E-state index contributed by atoms with van der Waals surface area (Å²) in [4.78, 5) is 0. The van der Waals surface area contributed by atoms with E-state index in [4.69, 9.17) is 17.7 Å². The van der Waals surface area contributed by atoms with Crippen molar-refractivity contribution in [2.24, 2.45) is 0 Å². The topological polar surface area (TPSA) is 52.6 Å². The largest absolute Gasteiger partial charge is 0.456 e. The number of hydrogen-bond donors (Lipinski definition) is 0. The van der Waals surface area contributed by atoms with Gasteiger partial charge in [0.15, 0.2) is 0 Å². The normalized spacial score (nSPS) is 12.2. The smallest absolute Gasteiger partial charge is 0.143 e. The van der Waals surface area contributed by atoms with E-state index in [1.807, 2.05) is 24.3 Å². The molecule has 0 N–H and O–H groups in total. The van der Waals surface area contributed by atoms with Crippen LogP contribution in [0.3, 0.4) is 0 Å². The van der Waals surface area contributed by atoms with Crippen LogP contribution < -0.4 is 0 Å². The van der Waals surface area contributed by atoms with Crippen LogP contribution >= 0.6 is 0 Å². The number of furan rings is 4. The molecule has 0 saturated carbocycles. The lowest BCUT2D eigenvalue weighted by atomic mass is 9.84. The molecule has 0 aliphatic rings. The highest BCUT2D eigenvalue weighted by molar-refractivity contribution is 6.28. The Hall–Kier alpha value is -8.86. The maximum absolute atomic E-state index is 7.01. The van der Waals surface area contributed by atoms with E-state index in [9.17, 15) is 0 Å². The highest BCUT2D eigenvalue weighted by Gasteiger charge is 2.25. The fourth-order valence-corrected chi connectivity index (χ4v) is 11.0. The molecular formula is C62H34O4. The van der Waals surface area contributed by atoms with Gasteiger partial charge in [-0.1, -0.05) is 146 Å². The van der Waals surface area contributed by atoms with Crippen molar-refractivity contribution < 1.29 is 17.7 Å². The first-order chi connectivity index (χ1) is 32.7. The molecule has 0 amide bonds. The monoisotopic (exact) mass is 842 g/mol. The highest BCUT2D eigenvalue weighted by atomic mass is 16.3. The highest BCUT2D eigenvalue weighted by Crippen LogP contribution is 2.51. The second kappa shape index (κ2) is 13.3. The molecule has 4 heteroatoms. The number of rotatable bonds is 4. The van der Waals surface area contributed by atoms with Crippen LogP contribution in [0.15, 0.2) is 224 Å². The molecule has 4 nitrogen and oxygen atoms in total. The zero-order chi connectivity index (χ0) is 43.0. The molecule has 0 fully saturated rings. The van der Waals surface area contributed by atoms with E-state index in [1.165, 1.54) is 0 Å². The van der Waals surface area contributed by atoms with Crippen LogP contribution in [0.25, 0.3) is 154 Å². The van der Waals surface area contributed by atoms with E-state index in [1.54, 1.807) is 0 Å². The van der Waals surface area contributed by atoms with E-state index in [2.05, 4.69) is 182 Å². The third-order valence-corrected chi connectivity index (χ3v) is 13.9. The molecule has 0 atom stereocenters. The summed E-state index contributed by atoms with van der Waals surface area (Å²) in [5, 5.41) is 13.3. The molecule has 0 spiro atoms. The molecular weight excluding hydrogens is 809 g/mol. The van der Waals surface area contributed by atoms with E-state index >= 15 is 0 Å². The molecule has 66 heavy (non-hydrogen) atoms. The Labute approximate surface area is 376 Å². The fraction of sp³-hybridized carbons (Fsp3) is 0. The summed E-state index contributed by atoms with van der Waals surface area (Å²) >= 11 is 0. The summed E-state index contributed by atoms with van der Waals surface area (Å²) in [5.74, 6) is 0. The number of para-hydroxylation sites is 4. The lowest BCUT2D eigenvalue weighted by Crippen LogP contribution is -1.92. The Morgan fingerprint density at radius 2 is 0.515 bits per heavy atom. The zero-order valence-corrected chi connectivity index (χ0v) is 35.3. The van der Waals surface area contributed by atoms with Gasteiger partial charge in [-0.05, 0) is 104 Å². The summed E-state index contributed by atoms with van der Waals surface area (Å²) in [5.41, 5.74) is 15.8. The first kappa shape index (κ1) is 35.6. The summed E-state index contributed by atoms with van der Waals surface area (Å²) in [7, 11) is 0. The number of benzene rings is 11. The maximum atomic E-state index is 7.01. The van der Waals surface area contributed by atoms with Gasteiger partial charge in [-0.3, -0.25) is 0 Å². The fourth-order valence-electron chi connectivity index (χ4n) is 11.0. The maximum Gasteiger partial charge on any atom is 0.143 e. The van der Waals surface area contributed by atoms with Crippen LogP contribution in [0.5, 0.6) is 0 Å². The van der Waals surface area contributed by atoms with Gasteiger partial charge in [0, 0.05) is 65.3 Å². The lowest BCUT2D eigenvalue weighted by Gasteiger charge is -2.19. The van der Waals surface area contributed by atoms with Gasteiger partial charge in [-0.25, -0.2) is 0 Å². The average Bonchev–Trinajstić information content (AvgIpc) is 4.16. The Morgan fingerprint density at radius 3 is 0.909 bits per heavy atom. The number of fused-ring (bicyclic) bond motifs is 14. The minimum Gasteiger partial charge on any atom is -0.456 e. The molecule has 15 aromatic rings. The molecule has 11 aromatic carbocycles. The van der Waals surface area contributed by atoms with Gasteiger partial charge in [0.25, 0.3) is 0 Å². The van der Waals surface area contributed by atoms with Crippen molar-refractivity contribution in [2.75, 3.05) is 0 Å². The lowest BCUT2D eigenvalue weighted by molar-refractivity contribution is 0.668. The van der Waals surface area contributed by atoms with Crippen LogP contribution in [0.2, 0.25) is 0 Å². The Kier molecular flexibility index (Phi) is 7.19. The molecule has 0 aliphatic carbocycles. The van der Waals surface area contributed by atoms with Gasteiger partial charge in [0.2, 0.25) is 0 Å². The first-order valence-corrected chi connectivity index (χ1v) is 22.4. The van der Waals surface area contributed by atoms with Gasteiger partial charge in [0.1, 0.15) is 44.7 Å². The molecule has 0 radical (unpaired) electrons. The standard InChI is InChI=1S/C62H34O4/c1-2-16-42-41(15-1)57(47-29-27-37(59-45-19-7-11-23-53(45)65-61(47)59)35-25-31-55-49(33-35)39-13-5-9-21-51(39)63-55)43-17-3-4-18-44(43)58(42)48-30-28-38(60-46-20-8-12-24-54(46)66-62(48)60)36-26-32-56-50(34-36)40-14-6-10-22-52(40)64-56/h1-34H. The Bertz CT molecular complexity index is 4190. The van der Waals surface area contributed by atoms with Crippen molar-refractivity contribution in [3.63, 3.8) is 0 Å². The summed E-state index contributed by atoms with van der Waals surface area (Å²) in [6, 6.07) is 73.1. The van der Waals surface area contributed by atoms with Crippen molar-refractivity contribution >= 4 is 109 Å². The van der Waals surface area contributed by atoms with Gasteiger partial charge in [-0.2, -0.15) is 0 Å². The second-order valence-corrected chi connectivity index (χ2v) is 17.4. The summed E-state index contributed by atoms with van der Waals surface area (Å²) in [6.45, 7) is 0. The Morgan fingerprint density at radius 1 is 0.212 bits per heavy atom. The van der Waals surface area contributed by atoms with Crippen LogP contribution in [-0.4, -0.2) is 0 Å². The minimum atomic E-state index is 0.855. The molecule has 0 unspecified atom stereocenters. The Balaban J connectivity index is 0.992. The molecule has 0 aliphatic heterocycles. The predicted octanol–water partition coefficient (Wildman–Crippen LogP) is 18.3. The van der Waals surface area contributed by atoms with E-state index in [0.717, 1.165) is 154 Å². The van der Waals surface area contributed by atoms with Crippen molar-refractivity contribution in [2.45, 2.75) is 0 Å². The van der Waals surface area contributed by atoms with Crippen molar-refractivity contribution in [3.05, 3.63) is 206 Å². The van der Waals surface area contributed by atoms with Crippen molar-refractivity contribution in [1.29, 1.82) is 0 Å². The quantitative estimate of drug-likeness (QED) is 0.166. The van der Waals surface area contributed by atoms with Gasteiger partial charge in [-0.15, -0.1) is 0 Å². The van der Waals surface area contributed by atoms with Crippen LogP contribution in [0.1, 0.15) is 0 Å². The van der Waals surface area contributed by atoms with Crippen LogP contribution in [0, 0.1) is 0 Å². The van der Waals surface area contributed by atoms with E-state index < -0.39 is 0 Å². The molecule has 0 saturated heterocycles. The SMILES string of the molecule is c1ccc2c(c1)oc1ccc(-c3ccc(-c4c5ccccc5c(-c5ccc(-c6ccc7oc8ccccc8c7c6)c6c5oc5ccccc56)c5ccccc45)c4oc5ccccc5c34)cc12. The van der Waals surface area contributed by atoms with Crippen molar-refractivity contribution in [3.8, 4) is 44.5 Å². The van der Waals surface area contributed by atoms with Gasteiger partial charge in [0.05, 0.1) is 0 Å². The molecule has 306 valence electrons. The minimum absolute atomic E-state index is 0.855. The van der Waals surface area contributed by atoms with Crippen molar-refractivity contribution in [1.82, 2.24) is 0 Å². The molecule has 15 rings (SSSR count). The summed E-state index contributed by atoms with van der Waals surface area (Å²) < 4.78 is 26.5. The van der Waals surface area contributed by atoms with E-state index in [0.29, 0.717) is 0 Å². The number of hydrogen-bond acceptors (Lipinski definition) is 4. The third-order valence-electron chi connectivity index (χ3n) is 13.9. The average molecular weight is 843 g/mol. The van der Waals surface area contributed by atoms with Gasteiger partial charge < -0.3 is 17.7 Å². The van der Waals surface area contributed by atoms with Crippen LogP contribution in [-0.2, 0) is 0 Å². The van der Waals surface area contributed by atoms with Crippen LogP contribution in [0.4, 0.5) is 0 Å². The first-order valence-electron chi connectivity index (χ1n) is 22.4. The molecule has 4 heterocycles. The molecule has 4 aromatic heterocycles. The zero-order valence-electron chi connectivity index (χ0n) is 35.3. The third kappa shape index (κ3) is 4.93. The van der Waals surface area contributed by atoms with E-state index in [-0.39, 0.29) is 0 Å².